The Hall–Kier alpha value is -1.35. The average molecular weight is 261 g/mol. The van der Waals surface area contributed by atoms with Crippen LogP contribution in [0.1, 0.15) is 55.5 Å². The SMILES string of the molecule is CC1(C)CCCCC1NCc1ccccc1C(=O)O. The van der Waals surface area contributed by atoms with E-state index in [1.165, 1.54) is 25.7 Å². The van der Waals surface area contributed by atoms with Crippen LogP contribution < -0.4 is 5.32 Å². The van der Waals surface area contributed by atoms with Crippen molar-refractivity contribution < 1.29 is 9.90 Å². The highest BCUT2D eigenvalue weighted by Gasteiger charge is 2.31. The molecule has 2 N–H and O–H groups in total. The smallest absolute Gasteiger partial charge is 0.336 e. The molecule has 1 aliphatic rings. The first-order valence-electron chi connectivity index (χ1n) is 7.05. The highest BCUT2D eigenvalue weighted by molar-refractivity contribution is 5.89. The van der Waals surface area contributed by atoms with E-state index in [1.54, 1.807) is 12.1 Å². The number of hydrogen-bond donors (Lipinski definition) is 2. The molecule has 0 bridgehead atoms. The quantitative estimate of drug-likeness (QED) is 0.873. The summed E-state index contributed by atoms with van der Waals surface area (Å²) in [7, 11) is 0. The highest BCUT2D eigenvalue weighted by atomic mass is 16.4. The van der Waals surface area contributed by atoms with Gasteiger partial charge < -0.3 is 10.4 Å². The van der Waals surface area contributed by atoms with Crippen LogP contribution in [0.3, 0.4) is 0 Å². The second-order valence-electron chi connectivity index (χ2n) is 6.13. The van der Waals surface area contributed by atoms with Crippen molar-refractivity contribution in [2.24, 2.45) is 5.41 Å². The van der Waals surface area contributed by atoms with Gasteiger partial charge in [-0.2, -0.15) is 0 Å². The van der Waals surface area contributed by atoms with Gasteiger partial charge in [0.05, 0.1) is 5.56 Å². The number of carbonyl (C=O) groups is 1. The Labute approximate surface area is 115 Å². The molecule has 1 aromatic rings. The van der Waals surface area contributed by atoms with Crippen LogP contribution >= 0.6 is 0 Å². The minimum Gasteiger partial charge on any atom is -0.478 e. The van der Waals surface area contributed by atoms with Crippen LogP contribution in [-0.2, 0) is 6.54 Å². The normalized spacial score (nSPS) is 22.1. The second kappa shape index (κ2) is 5.74. The molecule has 3 nitrogen and oxygen atoms in total. The number of carboxylic acid groups (broad SMARTS) is 1. The Morgan fingerprint density at radius 2 is 2.11 bits per heavy atom. The lowest BCUT2D eigenvalue weighted by atomic mass is 9.73. The third kappa shape index (κ3) is 3.35. The molecule has 0 aromatic heterocycles. The Balaban J connectivity index is 2.04. The van der Waals surface area contributed by atoms with Crippen molar-refractivity contribution in [1.29, 1.82) is 0 Å². The molecule has 0 aliphatic heterocycles. The van der Waals surface area contributed by atoms with Gasteiger partial charge in [-0.05, 0) is 29.9 Å². The average Bonchev–Trinajstić information content (AvgIpc) is 2.37. The molecule has 3 heteroatoms. The van der Waals surface area contributed by atoms with E-state index in [0.29, 0.717) is 23.6 Å². The molecule has 0 heterocycles. The van der Waals surface area contributed by atoms with Crippen LogP contribution in [0.5, 0.6) is 0 Å². The van der Waals surface area contributed by atoms with Gasteiger partial charge in [-0.25, -0.2) is 4.79 Å². The summed E-state index contributed by atoms with van der Waals surface area (Å²) in [4.78, 5) is 11.2. The van der Waals surface area contributed by atoms with E-state index in [2.05, 4.69) is 19.2 Å². The summed E-state index contributed by atoms with van der Waals surface area (Å²) in [5.74, 6) is -0.847. The van der Waals surface area contributed by atoms with Crippen molar-refractivity contribution in [2.75, 3.05) is 0 Å². The number of rotatable bonds is 4. The monoisotopic (exact) mass is 261 g/mol. The molecular formula is C16H23NO2. The van der Waals surface area contributed by atoms with Crippen LogP contribution in [0.25, 0.3) is 0 Å². The van der Waals surface area contributed by atoms with E-state index in [4.69, 9.17) is 0 Å². The molecule has 0 amide bonds. The summed E-state index contributed by atoms with van der Waals surface area (Å²) in [5, 5.41) is 12.7. The molecule has 2 rings (SSSR count). The van der Waals surface area contributed by atoms with Gasteiger partial charge in [-0.3, -0.25) is 0 Å². The lowest BCUT2D eigenvalue weighted by Gasteiger charge is -2.39. The minimum absolute atomic E-state index is 0.302. The van der Waals surface area contributed by atoms with Crippen LogP contribution in [0.15, 0.2) is 24.3 Å². The number of carboxylic acids is 1. The number of nitrogens with one attached hydrogen (secondary N) is 1. The fourth-order valence-electron chi connectivity index (χ4n) is 2.99. The Morgan fingerprint density at radius 1 is 1.37 bits per heavy atom. The zero-order valence-electron chi connectivity index (χ0n) is 11.8. The van der Waals surface area contributed by atoms with Gasteiger partial charge in [0.15, 0.2) is 0 Å². The van der Waals surface area contributed by atoms with Crippen LogP contribution in [0.4, 0.5) is 0 Å². The van der Waals surface area contributed by atoms with Gasteiger partial charge in [0.25, 0.3) is 0 Å². The Morgan fingerprint density at radius 3 is 2.79 bits per heavy atom. The molecule has 19 heavy (non-hydrogen) atoms. The molecular weight excluding hydrogens is 238 g/mol. The Kier molecular flexibility index (Phi) is 4.25. The van der Waals surface area contributed by atoms with Gasteiger partial charge in [0, 0.05) is 12.6 Å². The molecule has 0 radical (unpaired) electrons. The Bertz CT molecular complexity index is 454. The van der Waals surface area contributed by atoms with Gasteiger partial charge in [-0.15, -0.1) is 0 Å². The third-order valence-electron chi connectivity index (χ3n) is 4.29. The van der Waals surface area contributed by atoms with Gasteiger partial charge in [0.2, 0.25) is 0 Å². The zero-order chi connectivity index (χ0) is 13.9. The standard InChI is InChI=1S/C16H23NO2/c1-16(2)10-6-5-9-14(16)17-11-12-7-3-4-8-13(12)15(18)19/h3-4,7-8,14,17H,5-6,9-11H2,1-2H3,(H,18,19). The molecule has 0 spiro atoms. The van der Waals surface area contributed by atoms with E-state index < -0.39 is 5.97 Å². The molecule has 1 unspecified atom stereocenters. The lowest BCUT2D eigenvalue weighted by molar-refractivity contribution is 0.0695. The lowest BCUT2D eigenvalue weighted by Crippen LogP contribution is -2.43. The van der Waals surface area contributed by atoms with Crippen LogP contribution in [0.2, 0.25) is 0 Å². The van der Waals surface area contributed by atoms with Crippen LogP contribution in [-0.4, -0.2) is 17.1 Å². The molecule has 0 saturated heterocycles. The minimum atomic E-state index is -0.847. The summed E-state index contributed by atoms with van der Waals surface area (Å²) in [6.45, 7) is 5.23. The van der Waals surface area contributed by atoms with E-state index in [9.17, 15) is 9.90 Å². The van der Waals surface area contributed by atoms with Crippen molar-refractivity contribution in [3.05, 3.63) is 35.4 Å². The second-order valence-corrected chi connectivity index (χ2v) is 6.13. The predicted octanol–water partition coefficient (Wildman–Crippen LogP) is 3.44. The first kappa shape index (κ1) is 14.1. The predicted molar refractivity (Wildman–Crippen MR) is 76.3 cm³/mol. The number of benzene rings is 1. The molecule has 1 saturated carbocycles. The van der Waals surface area contributed by atoms with Crippen molar-refractivity contribution >= 4 is 5.97 Å². The summed E-state index contributed by atoms with van der Waals surface area (Å²) in [6, 6.07) is 7.72. The van der Waals surface area contributed by atoms with Gasteiger partial charge in [-0.1, -0.05) is 44.9 Å². The third-order valence-corrected chi connectivity index (χ3v) is 4.29. The zero-order valence-corrected chi connectivity index (χ0v) is 11.8. The largest absolute Gasteiger partial charge is 0.478 e. The van der Waals surface area contributed by atoms with Crippen molar-refractivity contribution in [3.8, 4) is 0 Å². The maximum absolute atomic E-state index is 11.2. The van der Waals surface area contributed by atoms with E-state index in [-0.39, 0.29) is 0 Å². The highest BCUT2D eigenvalue weighted by Crippen LogP contribution is 2.35. The topological polar surface area (TPSA) is 49.3 Å². The summed E-state index contributed by atoms with van der Waals surface area (Å²) in [5.41, 5.74) is 1.58. The van der Waals surface area contributed by atoms with E-state index in [0.717, 1.165) is 5.56 Å². The fourth-order valence-corrected chi connectivity index (χ4v) is 2.99. The fraction of sp³-hybridized carbons (Fsp3) is 0.562. The van der Waals surface area contributed by atoms with Gasteiger partial charge in [0.1, 0.15) is 0 Å². The molecule has 1 aliphatic carbocycles. The molecule has 1 fully saturated rings. The molecule has 1 aromatic carbocycles. The summed E-state index contributed by atoms with van der Waals surface area (Å²) in [6.07, 6.45) is 4.99. The first-order valence-corrected chi connectivity index (χ1v) is 7.05. The number of hydrogen-bond acceptors (Lipinski definition) is 2. The van der Waals surface area contributed by atoms with Crippen LogP contribution in [0, 0.1) is 5.41 Å². The van der Waals surface area contributed by atoms with E-state index in [1.807, 2.05) is 12.1 Å². The maximum Gasteiger partial charge on any atom is 0.336 e. The summed E-state index contributed by atoms with van der Waals surface area (Å²) >= 11 is 0. The van der Waals surface area contributed by atoms with Crippen molar-refractivity contribution in [1.82, 2.24) is 5.32 Å². The first-order chi connectivity index (χ1) is 9.00. The summed E-state index contributed by atoms with van der Waals surface area (Å²) < 4.78 is 0. The van der Waals surface area contributed by atoms with Crippen molar-refractivity contribution in [2.45, 2.75) is 52.1 Å². The van der Waals surface area contributed by atoms with Gasteiger partial charge >= 0.3 is 5.97 Å². The van der Waals surface area contributed by atoms with Crippen molar-refractivity contribution in [3.63, 3.8) is 0 Å². The molecule has 104 valence electrons. The van der Waals surface area contributed by atoms with E-state index >= 15 is 0 Å². The molecule has 1 atom stereocenters. The number of aromatic carboxylic acids is 1. The maximum atomic E-state index is 11.2.